The third-order valence-electron chi connectivity index (χ3n) is 8.18. The third kappa shape index (κ3) is 3.46. The number of fused-ring (bicyclic) bond motifs is 5. The van der Waals surface area contributed by atoms with Crippen molar-refractivity contribution in [3.8, 4) is 17.2 Å². The second-order valence-electron chi connectivity index (χ2n) is 10.5. The number of phenolic OH excluding ortho intramolecular Hbond substituents is 1. The molecule has 0 radical (unpaired) electrons. The summed E-state index contributed by atoms with van der Waals surface area (Å²) in [7, 11) is 0. The number of amides is 3. The van der Waals surface area contributed by atoms with E-state index in [1.807, 2.05) is 13.0 Å². The molecule has 2 saturated heterocycles. The molecule has 4 aliphatic heterocycles. The van der Waals surface area contributed by atoms with Crippen molar-refractivity contribution in [1.82, 2.24) is 10.2 Å². The number of anilines is 1. The van der Waals surface area contributed by atoms with Crippen LogP contribution < -0.4 is 20.1 Å². The number of aryl methyl sites for hydroxylation is 1. The largest absolute Gasteiger partial charge is 0.508 e. The van der Waals surface area contributed by atoms with E-state index < -0.39 is 35.2 Å². The number of hydrogen-bond acceptors (Lipinski definition) is 7. The predicted molar refractivity (Wildman–Crippen MR) is 140 cm³/mol. The highest BCUT2D eigenvalue weighted by molar-refractivity contribution is 6.35. The Balaban J connectivity index is 1.31. The van der Waals surface area contributed by atoms with Crippen LogP contribution in [0, 0.1) is 18.8 Å². The molecule has 9 nitrogen and oxygen atoms in total. The standard InChI is InChI=1S/C29H24ClN3O6/c1-14-8-18-25(19(30)9-14)31-28(37)29(18)24-23(20(32-29)10-15-2-5-17(34)6-3-15)26(35)33(27(24)36)12-16-4-7-21-22(11-16)39-13-38-21/h2-9,11,20,23-24,32,34H,10,12-13H2,1H3,(H,31,37)/t20-,23+,24+,29+/m0/s1. The zero-order valence-electron chi connectivity index (χ0n) is 20.9. The van der Waals surface area contributed by atoms with Gasteiger partial charge in [-0.25, -0.2) is 0 Å². The van der Waals surface area contributed by atoms with E-state index in [4.69, 9.17) is 21.1 Å². The maximum Gasteiger partial charge on any atom is 0.250 e. The van der Waals surface area contributed by atoms with Crippen molar-refractivity contribution in [3.63, 3.8) is 0 Å². The van der Waals surface area contributed by atoms with Gasteiger partial charge in [0, 0.05) is 11.6 Å². The van der Waals surface area contributed by atoms with Crippen LogP contribution in [0.25, 0.3) is 0 Å². The lowest BCUT2D eigenvalue weighted by Crippen LogP contribution is -2.53. The molecule has 10 heteroatoms. The van der Waals surface area contributed by atoms with Crippen molar-refractivity contribution in [2.45, 2.75) is 31.5 Å². The molecule has 0 aliphatic carbocycles. The highest BCUT2D eigenvalue weighted by Crippen LogP contribution is 2.55. The Kier molecular flexibility index (Phi) is 5.20. The maximum atomic E-state index is 14.1. The minimum Gasteiger partial charge on any atom is -0.508 e. The van der Waals surface area contributed by atoms with Crippen LogP contribution in [0.2, 0.25) is 5.02 Å². The highest BCUT2D eigenvalue weighted by Gasteiger charge is 2.70. The summed E-state index contributed by atoms with van der Waals surface area (Å²) in [4.78, 5) is 43.1. The molecule has 0 aromatic heterocycles. The number of hydrogen-bond donors (Lipinski definition) is 3. The van der Waals surface area contributed by atoms with Gasteiger partial charge in [0.15, 0.2) is 11.5 Å². The fourth-order valence-corrected chi connectivity index (χ4v) is 6.81. The van der Waals surface area contributed by atoms with E-state index in [0.29, 0.717) is 39.8 Å². The molecular formula is C29H24ClN3O6. The lowest BCUT2D eigenvalue weighted by Gasteiger charge is -2.30. The van der Waals surface area contributed by atoms with E-state index in [1.54, 1.807) is 48.5 Å². The number of phenols is 1. The Labute approximate surface area is 228 Å². The van der Waals surface area contributed by atoms with Crippen LogP contribution in [-0.2, 0) is 32.9 Å². The Morgan fingerprint density at radius 2 is 1.74 bits per heavy atom. The Hall–Kier alpha value is -4.08. The fourth-order valence-electron chi connectivity index (χ4n) is 6.49. The van der Waals surface area contributed by atoms with E-state index in [0.717, 1.165) is 11.1 Å². The summed E-state index contributed by atoms with van der Waals surface area (Å²) >= 11 is 6.52. The van der Waals surface area contributed by atoms with Crippen molar-refractivity contribution in [1.29, 1.82) is 0 Å². The van der Waals surface area contributed by atoms with Gasteiger partial charge in [-0.1, -0.05) is 35.9 Å². The van der Waals surface area contributed by atoms with Crippen LogP contribution >= 0.6 is 11.6 Å². The first-order valence-corrected chi connectivity index (χ1v) is 13.1. The van der Waals surface area contributed by atoms with Gasteiger partial charge < -0.3 is 19.9 Å². The van der Waals surface area contributed by atoms with Crippen LogP contribution in [0.5, 0.6) is 17.2 Å². The maximum absolute atomic E-state index is 14.1. The van der Waals surface area contributed by atoms with Crippen LogP contribution in [0.1, 0.15) is 22.3 Å². The average Bonchev–Trinajstić information content (AvgIpc) is 3.63. The second-order valence-corrected chi connectivity index (χ2v) is 10.9. The number of ether oxygens (including phenoxy) is 2. The fraction of sp³-hybridized carbons (Fsp3) is 0.276. The number of likely N-dealkylation sites (tertiary alicyclic amines) is 1. The molecular weight excluding hydrogens is 522 g/mol. The number of nitrogens with zero attached hydrogens (tertiary/aromatic N) is 1. The molecule has 1 spiro atoms. The Bertz CT molecular complexity index is 1570. The van der Waals surface area contributed by atoms with Crippen molar-refractivity contribution in [3.05, 3.63) is 81.9 Å². The SMILES string of the molecule is Cc1cc(Cl)c2c(c1)[C@]1(N[C@@H](Cc3ccc(O)cc3)[C@H]3C(=O)N(Cc4ccc5c(c4)OCO5)C(=O)[C@@H]31)C(=O)N2. The number of carbonyl (C=O) groups excluding carboxylic acids is 3. The normalized spacial score (nSPS) is 26.4. The lowest BCUT2D eigenvalue weighted by molar-refractivity contribution is -0.143. The quantitative estimate of drug-likeness (QED) is 0.431. The highest BCUT2D eigenvalue weighted by atomic mass is 35.5. The number of imide groups is 1. The van der Waals surface area contributed by atoms with E-state index in [2.05, 4.69) is 10.6 Å². The van der Waals surface area contributed by atoms with E-state index in [9.17, 15) is 19.5 Å². The van der Waals surface area contributed by atoms with Gasteiger partial charge in [-0.15, -0.1) is 0 Å². The molecule has 0 bridgehead atoms. The Morgan fingerprint density at radius 3 is 2.54 bits per heavy atom. The van der Waals surface area contributed by atoms with E-state index in [1.165, 1.54) is 4.90 Å². The topological polar surface area (TPSA) is 117 Å². The first kappa shape index (κ1) is 24.0. The van der Waals surface area contributed by atoms with Gasteiger partial charge in [0.1, 0.15) is 11.3 Å². The molecule has 0 saturated carbocycles. The summed E-state index contributed by atoms with van der Waals surface area (Å²) in [6, 6.07) is 15.1. The first-order chi connectivity index (χ1) is 18.8. The van der Waals surface area contributed by atoms with Gasteiger partial charge in [0.25, 0.3) is 0 Å². The van der Waals surface area contributed by atoms with Crippen molar-refractivity contribution in [2.24, 2.45) is 11.8 Å². The predicted octanol–water partition coefficient (Wildman–Crippen LogP) is 3.25. The number of nitrogens with one attached hydrogen (secondary N) is 2. The van der Waals surface area contributed by atoms with E-state index >= 15 is 0 Å². The van der Waals surface area contributed by atoms with Gasteiger partial charge in [-0.05, 0) is 60.4 Å². The number of carbonyl (C=O) groups is 3. The third-order valence-corrected chi connectivity index (χ3v) is 8.48. The van der Waals surface area contributed by atoms with E-state index in [-0.39, 0.29) is 25.0 Å². The molecule has 4 aliphatic rings. The van der Waals surface area contributed by atoms with Crippen LogP contribution in [-0.4, -0.2) is 40.6 Å². The lowest BCUT2D eigenvalue weighted by atomic mass is 9.76. The molecule has 7 rings (SSSR count). The number of aromatic hydroxyl groups is 1. The first-order valence-electron chi connectivity index (χ1n) is 12.7. The Morgan fingerprint density at radius 1 is 1.00 bits per heavy atom. The molecule has 3 aromatic carbocycles. The van der Waals surface area contributed by atoms with Crippen LogP contribution in [0.4, 0.5) is 5.69 Å². The summed E-state index contributed by atoms with van der Waals surface area (Å²) in [5, 5.41) is 16.4. The van der Waals surface area contributed by atoms with Crippen molar-refractivity contribution in [2.75, 3.05) is 12.1 Å². The number of benzene rings is 3. The number of halogens is 1. The van der Waals surface area contributed by atoms with Crippen molar-refractivity contribution < 1.29 is 29.0 Å². The summed E-state index contributed by atoms with van der Waals surface area (Å²) in [5.74, 6) is -1.60. The summed E-state index contributed by atoms with van der Waals surface area (Å²) in [6.45, 7) is 2.04. The zero-order valence-corrected chi connectivity index (χ0v) is 21.6. The van der Waals surface area contributed by atoms with Crippen LogP contribution in [0.3, 0.4) is 0 Å². The number of rotatable bonds is 4. The minimum absolute atomic E-state index is 0.0480. The van der Waals surface area contributed by atoms with Crippen molar-refractivity contribution >= 4 is 35.0 Å². The van der Waals surface area contributed by atoms with Gasteiger partial charge >= 0.3 is 0 Å². The van der Waals surface area contributed by atoms with Gasteiger partial charge in [0.05, 0.1) is 29.1 Å². The molecule has 3 amide bonds. The van der Waals surface area contributed by atoms with Gasteiger partial charge in [-0.3, -0.25) is 24.6 Å². The molecule has 39 heavy (non-hydrogen) atoms. The zero-order chi connectivity index (χ0) is 27.1. The van der Waals surface area contributed by atoms with Gasteiger partial charge in [-0.2, -0.15) is 0 Å². The second kappa shape index (κ2) is 8.46. The molecule has 4 heterocycles. The summed E-state index contributed by atoms with van der Waals surface area (Å²) < 4.78 is 10.9. The summed E-state index contributed by atoms with van der Waals surface area (Å²) in [6.07, 6.45) is 0.377. The molecule has 4 atom stereocenters. The van der Waals surface area contributed by atoms with Crippen LogP contribution in [0.15, 0.2) is 54.6 Å². The van der Waals surface area contributed by atoms with Gasteiger partial charge in [0.2, 0.25) is 24.5 Å². The minimum atomic E-state index is -1.45. The molecule has 2 fully saturated rings. The molecule has 3 aromatic rings. The summed E-state index contributed by atoms with van der Waals surface area (Å²) in [5.41, 5.74) is 1.99. The smallest absolute Gasteiger partial charge is 0.250 e. The molecule has 3 N–H and O–H groups in total. The monoisotopic (exact) mass is 545 g/mol. The molecule has 0 unspecified atom stereocenters. The average molecular weight is 546 g/mol. The molecule has 198 valence electrons.